The SMILES string of the molecule is COc1ccc(N2CCN(CCn3cnc4c(cnc5ccccc54)c3=O)CC2)cc1.Cl.Cl. The van der Waals surface area contributed by atoms with E-state index in [4.69, 9.17) is 4.74 Å². The standard InChI is InChI=1S/C24H25N5O2.2ClH/c1-31-19-8-6-18(7-9-19)28-13-10-27(11-14-28)12-15-29-17-26-23-20-4-2-3-5-22(20)25-16-21(23)24(29)30;;/h2-9,16-17H,10-15H2,1H3;2*1H. The smallest absolute Gasteiger partial charge is 0.262 e. The minimum atomic E-state index is -0.0277. The molecule has 174 valence electrons. The highest BCUT2D eigenvalue weighted by Crippen LogP contribution is 2.21. The fraction of sp³-hybridized carbons (Fsp3) is 0.292. The van der Waals surface area contributed by atoms with Gasteiger partial charge in [0.25, 0.3) is 5.56 Å². The van der Waals surface area contributed by atoms with E-state index in [9.17, 15) is 4.79 Å². The van der Waals surface area contributed by atoms with Gasteiger partial charge in [-0.1, -0.05) is 18.2 Å². The predicted molar refractivity (Wildman–Crippen MR) is 137 cm³/mol. The molecule has 1 fully saturated rings. The van der Waals surface area contributed by atoms with Gasteiger partial charge < -0.3 is 9.64 Å². The summed E-state index contributed by atoms with van der Waals surface area (Å²) in [5.41, 5.74) is 2.77. The molecule has 1 aliphatic rings. The average molecular weight is 488 g/mol. The minimum Gasteiger partial charge on any atom is -0.497 e. The van der Waals surface area contributed by atoms with Gasteiger partial charge in [-0.3, -0.25) is 19.2 Å². The molecule has 33 heavy (non-hydrogen) atoms. The Bertz CT molecular complexity index is 1270. The van der Waals surface area contributed by atoms with Crippen molar-refractivity contribution in [3.05, 3.63) is 71.4 Å². The molecule has 0 N–H and O–H groups in total. The molecular formula is C24H27Cl2N5O2. The number of ether oxygens (including phenoxy) is 1. The van der Waals surface area contributed by atoms with E-state index < -0.39 is 0 Å². The highest BCUT2D eigenvalue weighted by atomic mass is 35.5. The first kappa shape index (κ1) is 24.8. The molecule has 7 nitrogen and oxygen atoms in total. The quantitative estimate of drug-likeness (QED) is 0.400. The van der Waals surface area contributed by atoms with Crippen LogP contribution in [-0.4, -0.2) is 59.3 Å². The van der Waals surface area contributed by atoms with Crippen LogP contribution in [0.5, 0.6) is 5.75 Å². The average Bonchev–Trinajstić information content (AvgIpc) is 2.84. The lowest BCUT2D eigenvalue weighted by Gasteiger charge is -2.36. The molecule has 0 unspecified atom stereocenters. The summed E-state index contributed by atoms with van der Waals surface area (Å²) >= 11 is 0. The van der Waals surface area contributed by atoms with Gasteiger partial charge in [0.1, 0.15) is 5.75 Å². The second-order valence-corrected chi connectivity index (χ2v) is 7.81. The summed E-state index contributed by atoms with van der Waals surface area (Å²) in [4.78, 5) is 26.8. The number of fused-ring (bicyclic) bond motifs is 3. The van der Waals surface area contributed by atoms with E-state index in [-0.39, 0.29) is 30.4 Å². The molecular weight excluding hydrogens is 461 g/mol. The number of piperazine rings is 1. The maximum atomic E-state index is 13.0. The molecule has 1 aliphatic heterocycles. The normalized spacial score (nSPS) is 14.0. The number of rotatable bonds is 5. The Morgan fingerprint density at radius 1 is 0.879 bits per heavy atom. The highest BCUT2D eigenvalue weighted by Gasteiger charge is 2.17. The molecule has 0 spiro atoms. The first-order valence-corrected chi connectivity index (χ1v) is 10.6. The Labute approximate surface area is 204 Å². The molecule has 2 aromatic heterocycles. The van der Waals surface area contributed by atoms with Crippen LogP contribution in [0.2, 0.25) is 0 Å². The van der Waals surface area contributed by atoms with Gasteiger partial charge in [0.2, 0.25) is 0 Å². The summed E-state index contributed by atoms with van der Waals surface area (Å²) in [5, 5.41) is 1.49. The molecule has 0 aliphatic carbocycles. The van der Waals surface area contributed by atoms with Gasteiger partial charge >= 0.3 is 0 Å². The van der Waals surface area contributed by atoms with E-state index in [0.717, 1.165) is 54.9 Å². The summed E-state index contributed by atoms with van der Waals surface area (Å²) in [6.45, 7) is 5.31. The summed E-state index contributed by atoms with van der Waals surface area (Å²) in [6, 6.07) is 16.0. The Morgan fingerprint density at radius 3 is 2.33 bits per heavy atom. The van der Waals surface area contributed by atoms with E-state index in [2.05, 4.69) is 31.9 Å². The van der Waals surface area contributed by atoms with Gasteiger partial charge in [0.15, 0.2) is 0 Å². The molecule has 1 saturated heterocycles. The van der Waals surface area contributed by atoms with Crippen LogP contribution in [0.15, 0.2) is 65.8 Å². The summed E-state index contributed by atoms with van der Waals surface area (Å²) < 4.78 is 6.94. The summed E-state index contributed by atoms with van der Waals surface area (Å²) in [6.07, 6.45) is 3.32. The fourth-order valence-electron chi connectivity index (χ4n) is 4.19. The summed E-state index contributed by atoms with van der Waals surface area (Å²) in [5.74, 6) is 0.875. The Balaban J connectivity index is 0.00000153. The lowest BCUT2D eigenvalue weighted by atomic mass is 10.1. The van der Waals surface area contributed by atoms with Gasteiger partial charge in [-0.05, 0) is 30.3 Å². The minimum absolute atomic E-state index is 0. The van der Waals surface area contributed by atoms with E-state index in [0.29, 0.717) is 11.9 Å². The number of anilines is 1. The maximum Gasteiger partial charge on any atom is 0.262 e. The van der Waals surface area contributed by atoms with Crippen molar-refractivity contribution in [2.75, 3.05) is 44.7 Å². The second kappa shape index (κ2) is 10.8. The summed E-state index contributed by atoms with van der Waals surface area (Å²) in [7, 11) is 1.68. The zero-order chi connectivity index (χ0) is 21.2. The Morgan fingerprint density at radius 2 is 1.61 bits per heavy atom. The van der Waals surface area contributed by atoms with Gasteiger partial charge in [-0.25, -0.2) is 4.98 Å². The number of hydrogen-bond donors (Lipinski definition) is 0. The van der Waals surface area contributed by atoms with Crippen molar-refractivity contribution >= 4 is 52.3 Å². The predicted octanol–water partition coefficient (Wildman–Crippen LogP) is 3.62. The molecule has 0 saturated carbocycles. The van der Waals surface area contributed by atoms with Gasteiger partial charge in [-0.15, -0.1) is 24.8 Å². The lowest BCUT2D eigenvalue weighted by molar-refractivity contribution is 0.247. The molecule has 3 heterocycles. The van der Waals surface area contributed by atoms with Crippen molar-refractivity contribution in [2.45, 2.75) is 6.54 Å². The van der Waals surface area contributed by atoms with Crippen LogP contribution in [0.25, 0.3) is 21.8 Å². The lowest BCUT2D eigenvalue weighted by Crippen LogP contribution is -2.47. The number of para-hydroxylation sites is 1. The van der Waals surface area contributed by atoms with E-state index >= 15 is 0 Å². The molecule has 4 aromatic rings. The third kappa shape index (κ3) is 5.05. The van der Waals surface area contributed by atoms with Crippen LogP contribution in [-0.2, 0) is 6.54 Å². The number of nitrogens with zero attached hydrogens (tertiary/aromatic N) is 5. The Hall–Kier alpha value is -2.87. The Kier molecular flexibility index (Phi) is 8.13. The van der Waals surface area contributed by atoms with Crippen molar-refractivity contribution < 1.29 is 4.74 Å². The number of halogens is 2. The molecule has 0 amide bonds. The van der Waals surface area contributed by atoms with E-state index in [1.807, 2.05) is 36.4 Å². The maximum absolute atomic E-state index is 13.0. The molecule has 5 rings (SSSR count). The van der Waals surface area contributed by atoms with Gasteiger partial charge in [0.05, 0.1) is 29.9 Å². The van der Waals surface area contributed by atoms with Crippen molar-refractivity contribution in [3.8, 4) is 5.75 Å². The monoisotopic (exact) mass is 487 g/mol. The molecule has 0 radical (unpaired) electrons. The van der Waals surface area contributed by atoms with Crippen LogP contribution in [0.4, 0.5) is 5.69 Å². The fourth-order valence-corrected chi connectivity index (χ4v) is 4.19. The van der Waals surface area contributed by atoms with Crippen molar-refractivity contribution in [3.63, 3.8) is 0 Å². The third-order valence-corrected chi connectivity index (χ3v) is 6.03. The second-order valence-electron chi connectivity index (χ2n) is 7.81. The van der Waals surface area contributed by atoms with Crippen molar-refractivity contribution in [1.29, 1.82) is 0 Å². The van der Waals surface area contributed by atoms with Crippen molar-refractivity contribution in [2.24, 2.45) is 0 Å². The number of benzene rings is 2. The first-order valence-electron chi connectivity index (χ1n) is 10.6. The molecule has 0 atom stereocenters. The van der Waals surface area contributed by atoms with Gasteiger partial charge in [-0.2, -0.15) is 0 Å². The molecule has 0 bridgehead atoms. The topological polar surface area (TPSA) is 63.5 Å². The van der Waals surface area contributed by atoms with Crippen LogP contribution in [0.1, 0.15) is 0 Å². The van der Waals surface area contributed by atoms with Gasteiger partial charge in [0, 0.05) is 56.5 Å². The third-order valence-electron chi connectivity index (χ3n) is 6.03. The zero-order valence-electron chi connectivity index (χ0n) is 18.4. The highest BCUT2D eigenvalue weighted by molar-refractivity contribution is 6.02. The first-order chi connectivity index (χ1) is 15.2. The largest absolute Gasteiger partial charge is 0.497 e. The molecule has 9 heteroatoms. The van der Waals surface area contributed by atoms with Crippen molar-refractivity contribution in [1.82, 2.24) is 19.4 Å². The number of methoxy groups -OCH3 is 1. The number of aromatic nitrogens is 3. The van der Waals surface area contributed by atoms with Crippen LogP contribution in [0.3, 0.4) is 0 Å². The zero-order valence-corrected chi connectivity index (χ0v) is 20.0. The van der Waals surface area contributed by atoms with Crippen LogP contribution >= 0.6 is 24.8 Å². The van der Waals surface area contributed by atoms with E-state index in [1.54, 1.807) is 24.2 Å². The van der Waals surface area contributed by atoms with Crippen LogP contribution in [0, 0.1) is 0 Å². The van der Waals surface area contributed by atoms with Crippen LogP contribution < -0.4 is 15.2 Å². The van der Waals surface area contributed by atoms with E-state index in [1.165, 1.54) is 5.69 Å². The number of pyridine rings is 1. The number of hydrogen-bond acceptors (Lipinski definition) is 6. The molecule has 2 aromatic carbocycles.